The molecule has 7 heteroatoms. The van der Waals surface area contributed by atoms with Crippen LogP contribution >= 0.6 is 0 Å². The predicted molar refractivity (Wildman–Crippen MR) is 91.0 cm³/mol. The summed E-state index contributed by atoms with van der Waals surface area (Å²) >= 11 is 0. The van der Waals surface area contributed by atoms with E-state index >= 15 is 0 Å². The summed E-state index contributed by atoms with van der Waals surface area (Å²) in [5.74, 6) is -0.276. The normalized spacial score (nSPS) is 20.3. The molecular formula is C18H21N3O4. The van der Waals surface area contributed by atoms with Crippen molar-refractivity contribution in [2.75, 3.05) is 13.7 Å². The van der Waals surface area contributed by atoms with Crippen LogP contribution in [0.15, 0.2) is 36.5 Å². The number of piperidine rings is 1. The van der Waals surface area contributed by atoms with Crippen molar-refractivity contribution >= 4 is 11.9 Å². The third-order valence-electron chi connectivity index (χ3n) is 4.56. The number of ether oxygens (including phenoxy) is 1. The van der Waals surface area contributed by atoms with E-state index in [1.165, 1.54) is 4.90 Å². The molecule has 1 amide bonds. The van der Waals surface area contributed by atoms with Gasteiger partial charge in [0, 0.05) is 12.7 Å². The van der Waals surface area contributed by atoms with Gasteiger partial charge in [0.1, 0.15) is 11.8 Å². The second-order valence-corrected chi connectivity index (χ2v) is 6.33. The zero-order valence-corrected chi connectivity index (χ0v) is 14.3. The number of rotatable bonds is 4. The Labute approximate surface area is 145 Å². The lowest BCUT2D eigenvalue weighted by atomic mass is 9.92. The lowest BCUT2D eigenvalue weighted by Crippen LogP contribution is -2.49. The molecule has 25 heavy (non-hydrogen) atoms. The van der Waals surface area contributed by atoms with Crippen LogP contribution in [0, 0.1) is 5.92 Å². The number of hydrogen-bond donors (Lipinski definition) is 1. The molecule has 0 saturated carbocycles. The molecule has 1 saturated heterocycles. The first-order chi connectivity index (χ1) is 12.0. The van der Waals surface area contributed by atoms with Crippen LogP contribution in [0.2, 0.25) is 0 Å². The molecule has 1 fully saturated rings. The number of amides is 1. The van der Waals surface area contributed by atoms with Crippen molar-refractivity contribution in [2.24, 2.45) is 5.92 Å². The van der Waals surface area contributed by atoms with Gasteiger partial charge in [-0.15, -0.1) is 0 Å². The molecule has 2 unspecified atom stereocenters. The number of likely N-dealkylation sites (tertiary alicyclic amines) is 1. The maximum atomic E-state index is 12.7. The van der Waals surface area contributed by atoms with Gasteiger partial charge in [0.15, 0.2) is 5.69 Å². The number of hydrogen-bond acceptors (Lipinski definition) is 4. The Morgan fingerprint density at radius 2 is 1.96 bits per heavy atom. The van der Waals surface area contributed by atoms with Gasteiger partial charge in [-0.25, -0.2) is 9.48 Å². The molecule has 2 aromatic rings. The van der Waals surface area contributed by atoms with Crippen LogP contribution in [-0.4, -0.2) is 51.4 Å². The number of benzene rings is 1. The average Bonchev–Trinajstić information content (AvgIpc) is 3.11. The predicted octanol–water partition coefficient (Wildman–Crippen LogP) is 2.21. The highest BCUT2D eigenvalue weighted by Gasteiger charge is 2.35. The topological polar surface area (TPSA) is 84.7 Å². The number of aromatic nitrogens is 2. The van der Waals surface area contributed by atoms with Gasteiger partial charge in [-0.3, -0.25) is 4.79 Å². The number of methoxy groups -OCH3 is 1. The largest absolute Gasteiger partial charge is 0.497 e. The summed E-state index contributed by atoms with van der Waals surface area (Å²) in [5.41, 5.74) is 1.04. The number of carboxylic acids is 1. The van der Waals surface area contributed by atoms with Crippen molar-refractivity contribution in [3.63, 3.8) is 0 Å². The molecule has 0 aliphatic carbocycles. The lowest BCUT2D eigenvalue weighted by Gasteiger charge is -2.35. The zero-order valence-electron chi connectivity index (χ0n) is 14.3. The second-order valence-electron chi connectivity index (χ2n) is 6.33. The maximum absolute atomic E-state index is 12.7. The van der Waals surface area contributed by atoms with Crippen LogP contribution in [0.25, 0.3) is 5.69 Å². The van der Waals surface area contributed by atoms with Crippen LogP contribution < -0.4 is 4.74 Å². The minimum atomic E-state index is -0.963. The maximum Gasteiger partial charge on any atom is 0.326 e. The molecule has 0 bridgehead atoms. The Hall–Kier alpha value is -2.83. The molecule has 1 aliphatic rings. The van der Waals surface area contributed by atoms with Gasteiger partial charge in [-0.05, 0) is 49.1 Å². The van der Waals surface area contributed by atoms with Gasteiger partial charge < -0.3 is 14.7 Å². The summed E-state index contributed by atoms with van der Waals surface area (Å²) in [7, 11) is 1.60. The highest BCUT2D eigenvalue weighted by Crippen LogP contribution is 2.24. The van der Waals surface area contributed by atoms with Crippen LogP contribution in [0.1, 0.15) is 30.3 Å². The molecule has 1 aromatic heterocycles. The zero-order chi connectivity index (χ0) is 18.0. The monoisotopic (exact) mass is 343 g/mol. The molecule has 132 valence electrons. The Morgan fingerprint density at radius 1 is 1.24 bits per heavy atom. The lowest BCUT2D eigenvalue weighted by molar-refractivity contribution is -0.144. The number of aliphatic carboxylic acids is 1. The van der Waals surface area contributed by atoms with E-state index in [0.29, 0.717) is 18.9 Å². The van der Waals surface area contributed by atoms with Crippen molar-refractivity contribution in [3.8, 4) is 11.4 Å². The Morgan fingerprint density at radius 3 is 2.60 bits per heavy atom. The fourth-order valence-electron chi connectivity index (χ4n) is 3.08. The smallest absolute Gasteiger partial charge is 0.326 e. The number of carbonyl (C=O) groups excluding carboxylic acids is 1. The van der Waals surface area contributed by atoms with Crippen LogP contribution in [0.5, 0.6) is 5.75 Å². The SMILES string of the molecule is COc1ccc(-n2ccc(C(=O)N3CCC(C)CC3C(=O)O)n2)cc1. The molecule has 3 rings (SSSR count). The summed E-state index contributed by atoms with van der Waals surface area (Å²) in [6.45, 7) is 2.45. The first-order valence-corrected chi connectivity index (χ1v) is 8.23. The number of carboxylic acid groups (broad SMARTS) is 1. The second kappa shape index (κ2) is 6.96. The summed E-state index contributed by atoms with van der Waals surface area (Å²) in [4.78, 5) is 25.7. The van der Waals surface area contributed by atoms with Gasteiger partial charge in [0.25, 0.3) is 5.91 Å². The highest BCUT2D eigenvalue weighted by molar-refractivity contribution is 5.95. The molecular weight excluding hydrogens is 322 g/mol. The minimum absolute atomic E-state index is 0.247. The van der Waals surface area contributed by atoms with Crippen LogP contribution in [-0.2, 0) is 4.79 Å². The van der Waals surface area contributed by atoms with Gasteiger partial charge in [0.05, 0.1) is 12.8 Å². The summed E-state index contributed by atoms with van der Waals surface area (Å²) in [6.07, 6.45) is 2.96. The minimum Gasteiger partial charge on any atom is -0.497 e. The molecule has 1 aliphatic heterocycles. The number of nitrogens with zero attached hydrogens (tertiary/aromatic N) is 3. The van der Waals surface area contributed by atoms with E-state index in [2.05, 4.69) is 5.10 Å². The molecule has 7 nitrogen and oxygen atoms in total. The van der Waals surface area contributed by atoms with Gasteiger partial charge >= 0.3 is 5.97 Å². The fraction of sp³-hybridized carbons (Fsp3) is 0.389. The average molecular weight is 343 g/mol. The summed E-state index contributed by atoms with van der Waals surface area (Å²) < 4.78 is 6.72. The van der Waals surface area contributed by atoms with Gasteiger partial charge in [-0.1, -0.05) is 6.92 Å². The van der Waals surface area contributed by atoms with Crippen molar-refractivity contribution in [3.05, 3.63) is 42.2 Å². The molecule has 1 aromatic carbocycles. The molecule has 2 heterocycles. The summed E-state index contributed by atoms with van der Waals surface area (Å²) in [5, 5.41) is 13.7. The van der Waals surface area contributed by atoms with E-state index < -0.39 is 12.0 Å². The first kappa shape index (κ1) is 17.0. The van der Waals surface area contributed by atoms with Crippen molar-refractivity contribution < 1.29 is 19.4 Å². The van der Waals surface area contributed by atoms with E-state index in [4.69, 9.17) is 4.74 Å². The van der Waals surface area contributed by atoms with E-state index in [1.807, 2.05) is 31.2 Å². The third kappa shape index (κ3) is 3.50. The van der Waals surface area contributed by atoms with Crippen molar-refractivity contribution in [2.45, 2.75) is 25.8 Å². The molecule has 0 radical (unpaired) electrons. The fourth-order valence-corrected chi connectivity index (χ4v) is 3.08. The van der Waals surface area contributed by atoms with E-state index in [0.717, 1.165) is 17.9 Å². The van der Waals surface area contributed by atoms with Gasteiger partial charge in [0.2, 0.25) is 0 Å². The van der Waals surface area contributed by atoms with Crippen molar-refractivity contribution in [1.29, 1.82) is 0 Å². The molecule has 2 atom stereocenters. The van der Waals surface area contributed by atoms with E-state index in [9.17, 15) is 14.7 Å². The molecule has 1 N–H and O–H groups in total. The number of carbonyl (C=O) groups is 2. The molecule has 0 spiro atoms. The Bertz CT molecular complexity index is 769. The van der Waals surface area contributed by atoms with E-state index in [-0.39, 0.29) is 11.6 Å². The van der Waals surface area contributed by atoms with E-state index in [1.54, 1.807) is 24.1 Å². The van der Waals surface area contributed by atoms with Crippen LogP contribution in [0.3, 0.4) is 0 Å². The van der Waals surface area contributed by atoms with Crippen LogP contribution in [0.4, 0.5) is 0 Å². The quantitative estimate of drug-likeness (QED) is 0.920. The van der Waals surface area contributed by atoms with Gasteiger partial charge in [-0.2, -0.15) is 5.10 Å². The summed E-state index contributed by atoms with van der Waals surface area (Å²) in [6, 6.07) is 8.12. The Kier molecular flexibility index (Phi) is 4.74. The first-order valence-electron chi connectivity index (χ1n) is 8.23. The third-order valence-corrected chi connectivity index (χ3v) is 4.56. The standard InChI is InChI=1S/C18H21N3O4/c1-12-7-9-20(16(11-12)18(23)24)17(22)15-8-10-21(19-15)13-3-5-14(25-2)6-4-13/h3-6,8,10,12,16H,7,9,11H2,1-2H3,(H,23,24). The Balaban J connectivity index is 1.80. The highest BCUT2D eigenvalue weighted by atomic mass is 16.5. The van der Waals surface area contributed by atoms with Crippen molar-refractivity contribution in [1.82, 2.24) is 14.7 Å².